The van der Waals surface area contributed by atoms with Gasteiger partial charge in [-0.1, -0.05) is 5.10 Å². The van der Waals surface area contributed by atoms with Gasteiger partial charge in [0.1, 0.15) is 0 Å². The Morgan fingerprint density at radius 3 is 2.92 bits per heavy atom. The van der Waals surface area contributed by atoms with Crippen LogP contribution in [0.2, 0.25) is 0 Å². The van der Waals surface area contributed by atoms with Crippen LogP contribution in [0.1, 0.15) is 19.8 Å². The molecule has 0 aliphatic heterocycles. The van der Waals surface area contributed by atoms with Crippen molar-refractivity contribution in [2.75, 3.05) is 11.9 Å². The summed E-state index contributed by atoms with van der Waals surface area (Å²) in [5, 5.41) is 14.3. The van der Waals surface area contributed by atoms with E-state index in [1.807, 2.05) is 6.92 Å². The molecule has 1 atom stereocenters. The molecular weight excluding hydrogens is 190 g/mol. The molecule has 6 heteroatoms. The van der Waals surface area contributed by atoms with Gasteiger partial charge in [-0.15, -0.1) is 11.6 Å². The van der Waals surface area contributed by atoms with E-state index in [0.717, 1.165) is 19.4 Å². The smallest absolute Gasteiger partial charge is 0.242 e. The number of halogens is 1. The van der Waals surface area contributed by atoms with Gasteiger partial charge in [-0.2, -0.15) is 0 Å². The van der Waals surface area contributed by atoms with Crippen molar-refractivity contribution in [1.82, 2.24) is 20.2 Å². The Kier molecular flexibility index (Phi) is 3.95. The molecule has 0 spiro atoms. The fourth-order valence-corrected chi connectivity index (χ4v) is 1.12. The molecule has 0 amide bonds. The maximum absolute atomic E-state index is 5.80. The molecule has 0 radical (unpaired) electrons. The van der Waals surface area contributed by atoms with Gasteiger partial charge < -0.3 is 5.32 Å². The topological polar surface area (TPSA) is 55.6 Å². The van der Waals surface area contributed by atoms with Crippen LogP contribution in [0.5, 0.6) is 0 Å². The Morgan fingerprint density at radius 1 is 1.62 bits per heavy atom. The molecule has 1 unspecified atom stereocenters. The maximum atomic E-state index is 5.80. The highest BCUT2D eigenvalue weighted by Gasteiger charge is 2.00. The molecule has 0 bridgehead atoms. The third-order valence-electron chi connectivity index (χ3n) is 1.68. The first kappa shape index (κ1) is 10.2. The average molecular weight is 204 g/mol. The number of nitrogens with zero attached hydrogens (tertiary/aromatic N) is 4. The molecule has 74 valence electrons. The molecule has 0 saturated heterocycles. The summed E-state index contributed by atoms with van der Waals surface area (Å²) in [5.74, 6) is 0.697. The van der Waals surface area contributed by atoms with Crippen LogP contribution in [0.3, 0.4) is 0 Å². The van der Waals surface area contributed by atoms with Crippen molar-refractivity contribution in [1.29, 1.82) is 0 Å². The van der Waals surface area contributed by atoms with Gasteiger partial charge in [0.25, 0.3) is 0 Å². The number of rotatable bonds is 5. The van der Waals surface area contributed by atoms with Crippen molar-refractivity contribution >= 4 is 17.5 Å². The number of aromatic nitrogens is 4. The lowest BCUT2D eigenvalue weighted by Gasteiger charge is -2.04. The zero-order valence-corrected chi connectivity index (χ0v) is 8.62. The largest absolute Gasteiger partial charge is 0.353 e. The Hall–Kier alpha value is -0.840. The van der Waals surface area contributed by atoms with E-state index in [4.69, 9.17) is 11.6 Å². The Labute approximate surface area is 82.5 Å². The van der Waals surface area contributed by atoms with Gasteiger partial charge in [-0.05, 0) is 30.2 Å². The molecule has 1 aromatic rings. The third kappa shape index (κ3) is 3.59. The second-order valence-electron chi connectivity index (χ2n) is 2.98. The Morgan fingerprint density at radius 2 is 2.38 bits per heavy atom. The van der Waals surface area contributed by atoms with Crippen LogP contribution in [0.4, 0.5) is 5.95 Å². The molecule has 13 heavy (non-hydrogen) atoms. The average Bonchev–Trinajstić information content (AvgIpc) is 2.45. The predicted octanol–water partition coefficient (Wildman–Crippen LogP) is 1.03. The van der Waals surface area contributed by atoms with E-state index in [2.05, 4.69) is 20.8 Å². The van der Waals surface area contributed by atoms with Crippen molar-refractivity contribution in [2.24, 2.45) is 7.05 Å². The van der Waals surface area contributed by atoms with Crippen molar-refractivity contribution in [3.8, 4) is 0 Å². The van der Waals surface area contributed by atoms with Gasteiger partial charge in [-0.25, -0.2) is 4.68 Å². The van der Waals surface area contributed by atoms with E-state index >= 15 is 0 Å². The van der Waals surface area contributed by atoms with E-state index in [9.17, 15) is 0 Å². The SMILES string of the molecule is CC(Cl)CCCNc1nnnn1C. The van der Waals surface area contributed by atoms with Gasteiger partial charge in [0, 0.05) is 19.0 Å². The Bertz CT molecular complexity index is 247. The molecular formula is C7H14ClN5. The molecule has 0 fully saturated rings. The number of nitrogens with one attached hydrogen (secondary N) is 1. The lowest BCUT2D eigenvalue weighted by Crippen LogP contribution is -2.08. The highest BCUT2D eigenvalue weighted by atomic mass is 35.5. The molecule has 0 saturated carbocycles. The standard InChI is InChI=1S/C7H14ClN5/c1-6(8)4-3-5-9-7-10-11-12-13(7)2/h6H,3-5H2,1-2H3,(H,9,10,12). The van der Waals surface area contributed by atoms with Crippen LogP contribution in [-0.4, -0.2) is 32.1 Å². The van der Waals surface area contributed by atoms with E-state index < -0.39 is 0 Å². The number of alkyl halides is 1. The summed E-state index contributed by atoms with van der Waals surface area (Å²) in [7, 11) is 1.80. The van der Waals surface area contributed by atoms with Crippen LogP contribution in [0, 0.1) is 0 Å². The number of aryl methyl sites for hydroxylation is 1. The summed E-state index contributed by atoms with van der Waals surface area (Å²) in [6.45, 7) is 2.84. The minimum absolute atomic E-state index is 0.236. The quantitative estimate of drug-likeness (QED) is 0.574. The van der Waals surface area contributed by atoms with E-state index in [0.29, 0.717) is 5.95 Å². The lowest BCUT2D eigenvalue weighted by atomic mass is 10.2. The van der Waals surface area contributed by atoms with Gasteiger partial charge in [-0.3, -0.25) is 0 Å². The number of hydrogen-bond acceptors (Lipinski definition) is 4. The molecule has 0 aliphatic rings. The van der Waals surface area contributed by atoms with Gasteiger partial charge in [0.15, 0.2) is 0 Å². The highest BCUT2D eigenvalue weighted by Crippen LogP contribution is 2.04. The van der Waals surface area contributed by atoms with E-state index in [1.165, 1.54) is 0 Å². The summed E-state index contributed by atoms with van der Waals surface area (Å²) < 4.78 is 1.60. The van der Waals surface area contributed by atoms with Crippen LogP contribution >= 0.6 is 11.6 Å². The first-order valence-electron chi connectivity index (χ1n) is 4.30. The van der Waals surface area contributed by atoms with Crippen molar-refractivity contribution in [2.45, 2.75) is 25.1 Å². The van der Waals surface area contributed by atoms with Crippen molar-refractivity contribution < 1.29 is 0 Å². The first-order valence-corrected chi connectivity index (χ1v) is 4.74. The van der Waals surface area contributed by atoms with E-state index in [-0.39, 0.29) is 5.38 Å². The minimum Gasteiger partial charge on any atom is -0.353 e. The predicted molar refractivity (Wildman–Crippen MR) is 51.8 cm³/mol. The van der Waals surface area contributed by atoms with Gasteiger partial charge in [0.2, 0.25) is 5.95 Å². The molecule has 0 aromatic carbocycles. The van der Waals surface area contributed by atoms with Crippen molar-refractivity contribution in [3.63, 3.8) is 0 Å². The normalized spacial score (nSPS) is 12.8. The zero-order chi connectivity index (χ0) is 9.68. The summed E-state index contributed by atoms with van der Waals surface area (Å²) in [4.78, 5) is 0. The summed E-state index contributed by atoms with van der Waals surface area (Å²) in [6.07, 6.45) is 2.03. The van der Waals surface area contributed by atoms with Crippen LogP contribution in [0.25, 0.3) is 0 Å². The maximum Gasteiger partial charge on any atom is 0.242 e. The van der Waals surface area contributed by atoms with E-state index in [1.54, 1.807) is 11.7 Å². The molecule has 1 heterocycles. The van der Waals surface area contributed by atoms with Gasteiger partial charge >= 0.3 is 0 Å². The summed E-state index contributed by atoms with van der Waals surface area (Å²) >= 11 is 5.80. The molecule has 1 N–H and O–H groups in total. The monoisotopic (exact) mass is 203 g/mol. The highest BCUT2D eigenvalue weighted by molar-refractivity contribution is 6.20. The second-order valence-corrected chi connectivity index (χ2v) is 3.72. The zero-order valence-electron chi connectivity index (χ0n) is 7.87. The number of anilines is 1. The molecule has 0 aliphatic carbocycles. The second kappa shape index (κ2) is 5.01. The lowest BCUT2D eigenvalue weighted by molar-refractivity contribution is 0.704. The van der Waals surface area contributed by atoms with Crippen LogP contribution in [-0.2, 0) is 7.05 Å². The minimum atomic E-state index is 0.236. The van der Waals surface area contributed by atoms with Gasteiger partial charge in [0.05, 0.1) is 0 Å². The third-order valence-corrected chi connectivity index (χ3v) is 1.90. The first-order chi connectivity index (χ1) is 6.20. The summed E-state index contributed by atoms with van der Waals surface area (Å²) in [5.41, 5.74) is 0. The number of tetrazole rings is 1. The van der Waals surface area contributed by atoms with Crippen LogP contribution in [0.15, 0.2) is 0 Å². The molecule has 1 rings (SSSR count). The molecule has 1 aromatic heterocycles. The van der Waals surface area contributed by atoms with Crippen molar-refractivity contribution in [3.05, 3.63) is 0 Å². The number of hydrogen-bond donors (Lipinski definition) is 1. The summed E-state index contributed by atoms with van der Waals surface area (Å²) in [6, 6.07) is 0. The Balaban J connectivity index is 2.17. The fourth-order valence-electron chi connectivity index (χ4n) is 0.963. The van der Waals surface area contributed by atoms with Crippen LogP contribution < -0.4 is 5.32 Å². The molecule has 5 nitrogen and oxygen atoms in total. The fraction of sp³-hybridized carbons (Fsp3) is 0.857.